The highest BCUT2D eigenvalue weighted by Gasteiger charge is 2.28. The van der Waals surface area contributed by atoms with Crippen LogP contribution in [0.3, 0.4) is 0 Å². The van der Waals surface area contributed by atoms with Crippen LogP contribution in [0.25, 0.3) is 33.4 Å². The number of fused-ring (bicyclic) bond motifs is 3. The fourth-order valence-electron chi connectivity index (χ4n) is 5.51. The van der Waals surface area contributed by atoms with E-state index in [-0.39, 0.29) is 12.5 Å². The molecule has 1 atom stereocenters. The SMILES string of the molecule is Cc1c(-c2ccc3c(c2)OCCO3)cccc1-c1cc2cc3c(c(C#N)c2o1)CC[C@H]3NCCC(=O)O. The topological polar surface area (TPSA) is 105 Å². The van der Waals surface area contributed by atoms with Crippen LogP contribution in [0, 0.1) is 18.3 Å². The summed E-state index contributed by atoms with van der Waals surface area (Å²) < 4.78 is 17.8. The van der Waals surface area contributed by atoms with Crippen LogP contribution in [0.5, 0.6) is 11.5 Å². The number of nitriles is 1. The molecule has 7 heteroatoms. The number of hydrogen-bond donors (Lipinski definition) is 2. The molecular weight excluding hydrogens is 468 g/mol. The van der Waals surface area contributed by atoms with Crippen LogP contribution in [0.1, 0.15) is 41.1 Å². The third kappa shape index (κ3) is 4.09. The molecule has 186 valence electrons. The fourth-order valence-corrected chi connectivity index (χ4v) is 5.51. The molecule has 0 bridgehead atoms. The average Bonchev–Trinajstić information content (AvgIpc) is 3.51. The van der Waals surface area contributed by atoms with Gasteiger partial charge in [0.15, 0.2) is 17.1 Å². The van der Waals surface area contributed by atoms with E-state index in [1.165, 1.54) is 0 Å². The number of carbonyl (C=O) groups is 1. The summed E-state index contributed by atoms with van der Waals surface area (Å²) in [6.07, 6.45) is 1.65. The maximum atomic E-state index is 10.9. The first-order valence-electron chi connectivity index (χ1n) is 12.5. The number of nitrogens with zero attached hydrogens (tertiary/aromatic N) is 1. The number of aliphatic carboxylic acids is 1. The lowest BCUT2D eigenvalue weighted by Crippen LogP contribution is -2.22. The van der Waals surface area contributed by atoms with Crippen LogP contribution in [0.4, 0.5) is 0 Å². The van der Waals surface area contributed by atoms with Crippen LogP contribution in [-0.4, -0.2) is 30.8 Å². The van der Waals surface area contributed by atoms with E-state index in [2.05, 4.69) is 30.4 Å². The lowest BCUT2D eigenvalue weighted by atomic mass is 9.95. The highest BCUT2D eigenvalue weighted by Crippen LogP contribution is 2.42. The molecule has 1 aliphatic carbocycles. The number of benzene rings is 3. The number of furan rings is 1. The Labute approximate surface area is 214 Å². The van der Waals surface area contributed by atoms with Crippen LogP contribution in [0.2, 0.25) is 0 Å². The van der Waals surface area contributed by atoms with E-state index in [0.717, 1.165) is 63.1 Å². The van der Waals surface area contributed by atoms with Gasteiger partial charge in [-0.1, -0.05) is 24.3 Å². The summed E-state index contributed by atoms with van der Waals surface area (Å²) in [6.45, 7) is 3.56. The molecule has 2 aliphatic rings. The number of rotatable bonds is 6. The Morgan fingerprint density at radius 1 is 1.11 bits per heavy atom. The molecule has 1 aliphatic heterocycles. The summed E-state index contributed by atoms with van der Waals surface area (Å²) in [5.74, 6) is 1.39. The van der Waals surface area contributed by atoms with Gasteiger partial charge in [-0.3, -0.25) is 4.79 Å². The number of carboxylic acid groups (broad SMARTS) is 1. The van der Waals surface area contributed by atoms with E-state index in [1.54, 1.807) is 0 Å². The second kappa shape index (κ2) is 9.30. The average molecular weight is 495 g/mol. The summed E-state index contributed by atoms with van der Waals surface area (Å²) in [5.41, 5.74) is 7.36. The minimum Gasteiger partial charge on any atom is -0.486 e. The predicted molar refractivity (Wildman–Crippen MR) is 139 cm³/mol. The molecule has 3 aromatic carbocycles. The van der Waals surface area contributed by atoms with Gasteiger partial charge in [0.25, 0.3) is 0 Å². The fraction of sp³-hybridized carbons (Fsp3) is 0.267. The number of hydrogen-bond acceptors (Lipinski definition) is 6. The lowest BCUT2D eigenvalue weighted by Gasteiger charge is -2.19. The Morgan fingerprint density at radius 2 is 1.92 bits per heavy atom. The van der Waals surface area contributed by atoms with Crippen LogP contribution in [0.15, 0.2) is 52.9 Å². The van der Waals surface area contributed by atoms with Crippen LogP contribution >= 0.6 is 0 Å². The molecule has 0 amide bonds. The third-order valence-corrected chi connectivity index (χ3v) is 7.30. The molecule has 2 N–H and O–H groups in total. The predicted octanol–water partition coefficient (Wildman–Crippen LogP) is 5.77. The molecule has 0 spiro atoms. The van der Waals surface area contributed by atoms with Crippen molar-refractivity contribution < 1.29 is 23.8 Å². The van der Waals surface area contributed by atoms with Gasteiger partial charge in [-0.25, -0.2) is 0 Å². The van der Waals surface area contributed by atoms with Crippen molar-refractivity contribution in [3.63, 3.8) is 0 Å². The summed E-state index contributed by atoms with van der Waals surface area (Å²) in [5, 5.41) is 23.2. The largest absolute Gasteiger partial charge is 0.486 e. The molecular formula is C30H26N2O5. The van der Waals surface area contributed by atoms with Gasteiger partial charge in [0, 0.05) is 23.5 Å². The minimum absolute atomic E-state index is 0.0319. The highest BCUT2D eigenvalue weighted by molar-refractivity contribution is 5.91. The zero-order chi connectivity index (χ0) is 25.5. The van der Waals surface area contributed by atoms with Crippen LogP contribution < -0.4 is 14.8 Å². The molecule has 1 aromatic heterocycles. The van der Waals surface area contributed by atoms with Gasteiger partial charge >= 0.3 is 5.97 Å². The quantitative estimate of drug-likeness (QED) is 0.351. The Morgan fingerprint density at radius 3 is 2.73 bits per heavy atom. The summed E-state index contributed by atoms with van der Waals surface area (Å²) in [6, 6.07) is 18.6. The van der Waals surface area contributed by atoms with Crippen molar-refractivity contribution in [1.29, 1.82) is 5.26 Å². The molecule has 0 fully saturated rings. The van der Waals surface area contributed by atoms with Gasteiger partial charge in [-0.05, 0) is 71.8 Å². The summed E-state index contributed by atoms with van der Waals surface area (Å²) in [4.78, 5) is 10.9. The first-order valence-corrected chi connectivity index (χ1v) is 12.5. The van der Waals surface area contributed by atoms with Gasteiger partial charge in [-0.15, -0.1) is 0 Å². The molecule has 2 heterocycles. The maximum absolute atomic E-state index is 10.9. The van der Waals surface area contributed by atoms with Crippen molar-refractivity contribution in [1.82, 2.24) is 5.32 Å². The summed E-state index contributed by atoms with van der Waals surface area (Å²) >= 11 is 0. The zero-order valence-electron chi connectivity index (χ0n) is 20.5. The van der Waals surface area contributed by atoms with Crippen molar-refractivity contribution in [2.45, 2.75) is 32.2 Å². The van der Waals surface area contributed by atoms with Gasteiger partial charge in [0.2, 0.25) is 0 Å². The molecule has 7 nitrogen and oxygen atoms in total. The molecule has 0 radical (unpaired) electrons. The van der Waals surface area contributed by atoms with Crippen molar-refractivity contribution >= 4 is 16.9 Å². The van der Waals surface area contributed by atoms with E-state index in [1.807, 2.05) is 36.4 Å². The third-order valence-electron chi connectivity index (χ3n) is 7.30. The van der Waals surface area contributed by atoms with E-state index in [0.29, 0.717) is 36.7 Å². The Kier molecular flexibility index (Phi) is 5.82. The van der Waals surface area contributed by atoms with E-state index in [4.69, 9.17) is 19.0 Å². The lowest BCUT2D eigenvalue weighted by molar-refractivity contribution is -0.136. The molecule has 0 unspecified atom stereocenters. The van der Waals surface area contributed by atoms with E-state index < -0.39 is 5.97 Å². The van der Waals surface area contributed by atoms with Gasteiger partial charge < -0.3 is 24.3 Å². The monoisotopic (exact) mass is 494 g/mol. The van der Waals surface area contributed by atoms with Gasteiger partial charge in [0.05, 0.1) is 12.0 Å². The van der Waals surface area contributed by atoms with Crippen molar-refractivity contribution in [2.75, 3.05) is 19.8 Å². The molecule has 6 rings (SSSR count). The van der Waals surface area contributed by atoms with Crippen molar-refractivity contribution in [2.24, 2.45) is 0 Å². The van der Waals surface area contributed by atoms with Gasteiger partial charge in [-0.2, -0.15) is 5.26 Å². The Balaban J connectivity index is 1.38. The number of nitrogens with one attached hydrogen (secondary N) is 1. The normalized spacial score (nSPS) is 15.9. The Hall–Kier alpha value is -4.28. The Bertz CT molecular complexity index is 1580. The zero-order valence-corrected chi connectivity index (χ0v) is 20.5. The minimum atomic E-state index is -0.827. The molecule has 0 saturated heterocycles. The highest BCUT2D eigenvalue weighted by atomic mass is 16.6. The first kappa shape index (κ1) is 23.1. The second-order valence-electron chi connectivity index (χ2n) is 9.49. The molecule has 4 aromatic rings. The maximum Gasteiger partial charge on any atom is 0.304 e. The molecule has 37 heavy (non-hydrogen) atoms. The number of ether oxygens (including phenoxy) is 2. The van der Waals surface area contributed by atoms with E-state index in [9.17, 15) is 10.1 Å². The number of carboxylic acids is 1. The second-order valence-corrected chi connectivity index (χ2v) is 9.49. The van der Waals surface area contributed by atoms with E-state index >= 15 is 0 Å². The first-order chi connectivity index (χ1) is 18.0. The molecule has 0 saturated carbocycles. The van der Waals surface area contributed by atoms with Crippen molar-refractivity contribution in [3.8, 4) is 40.0 Å². The van der Waals surface area contributed by atoms with Gasteiger partial charge in [0.1, 0.15) is 25.0 Å². The van der Waals surface area contributed by atoms with Crippen LogP contribution in [-0.2, 0) is 11.2 Å². The summed E-state index contributed by atoms with van der Waals surface area (Å²) in [7, 11) is 0. The standard InChI is InChI=1S/C30H26N2O5/c1-17-20(18-5-8-26-28(14-18)36-12-11-35-26)3-2-4-21(17)27-15-19-13-23-22(24(16-31)30(19)37-27)6-7-25(23)32-10-9-29(33)34/h2-5,8,13-15,25,32H,6-7,9-12H2,1H3,(H,33,34)/t25-/m1/s1. The van der Waals surface area contributed by atoms with Crippen molar-refractivity contribution in [3.05, 3.63) is 70.8 Å². The smallest absolute Gasteiger partial charge is 0.304 e.